The Hall–Kier alpha value is -4.53. The van der Waals surface area contributed by atoms with Crippen molar-refractivity contribution in [3.05, 3.63) is 88.7 Å². The number of carbonyl (C=O) groups excluding carboxylic acids is 1. The van der Waals surface area contributed by atoms with Gasteiger partial charge < -0.3 is 4.74 Å². The second-order valence-electron chi connectivity index (χ2n) is 6.99. The number of nitrogens with zero attached hydrogens (tertiary/aromatic N) is 4. The second-order valence-corrected chi connectivity index (χ2v) is 7.93. The van der Waals surface area contributed by atoms with Crippen LogP contribution in [0.25, 0.3) is 11.1 Å². The number of amides is 1. The van der Waals surface area contributed by atoms with Crippen LogP contribution in [-0.4, -0.2) is 21.1 Å². The first kappa shape index (κ1) is 21.7. The Morgan fingerprint density at radius 3 is 2.70 bits per heavy atom. The lowest BCUT2D eigenvalue weighted by atomic mass is 9.96. The largest absolute Gasteiger partial charge is 0.464 e. The second kappa shape index (κ2) is 9.73. The first-order chi connectivity index (χ1) is 16.1. The molecule has 8 heteroatoms. The molecule has 4 rings (SSSR count). The van der Waals surface area contributed by atoms with Crippen molar-refractivity contribution in [2.75, 3.05) is 5.32 Å². The van der Waals surface area contributed by atoms with Gasteiger partial charge in [0.15, 0.2) is 0 Å². The minimum Gasteiger partial charge on any atom is -0.464 e. The van der Waals surface area contributed by atoms with Crippen LogP contribution in [0.4, 0.5) is 5.13 Å². The van der Waals surface area contributed by atoms with Crippen LogP contribution in [-0.2, 0) is 6.61 Å². The number of benzene rings is 2. The van der Waals surface area contributed by atoms with E-state index in [1.54, 1.807) is 12.1 Å². The van der Waals surface area contributed by atoms with Gasteiger partial charge in [-0.15, -0.1) is 11.5 Å². The summed E-state index contributed by atoms with van der Waals surface area (Å²) in [5.74, 6) is 2.29. The summed E-state index contributed by atoms with van der Waals surface area (Å²) in [7, 11) is 0. The Bertz CT molecular complexity index is 1400. The summed E-state index contributed by atoms with van der Waals surface area (Å²) >= 11 is 1.11. The minimum atomic E-state index is -0.376. The first-order valence-electron chi connectivity index (χ1n) is 9.86. The monoisotopic (exact) mass is 451 g/mol. The lowest BCUT2D eigenvalue weighted by Gasteiger charge is -2.11. The molecule has 2 aromatic carbocycles. The van der Waals surface area contributed by atoms with Crippen LogP contribution in [0.1, 0.15) is 32.7 Å². The predicted molar refractivity (Wildman–Crippen MR) is 126 cm³/mol. The molecule has 0 bridgehead atoms. The molecule has 0 fully saturated rings. The summed E-state index contributed by atoms with van der Waals surface area (Å²) in [4.78, 5) is 17.3. The number of aromatic nitrogens is 3. The Balaban J connectivity index is 1.50. The smallest absolute Gasteiger partial charge is 0.296 e. The number of anilines is 1. The van der Waals surface area contributed by atoms with E-state index in [4.69, 9.17) is 16.4 Å². The van der Waals surface area contributed by atoms with Crippen LogP contribution in [0, 0.1) is 30.6 Å². The molecule has 33 heavy (non-hydrogen) atoms. The van der Waals surface area contributed by atoms with Crippen molar-refractivity contribution < 1.29 is 9.53 Å². The van der Waals surface area contributed by atoms with E-state index in [0.29, 0.717) is 32.6 Å². The molecule has 4 aromatic rings. The molecule has 0 aliphatic heterocycles. The molecule has 2 heterocycles. The molecule has 0 unspecified atom stereocenters. The average molecular weight is 452 g/mol. The summed E-state index contributed by atoms with van der Waals surface area (Å²) in [5, 5.41) is 20.2. The molecule has 2 aromatic heterocycles. The van der Waals surface area contributed by atoms with Crippen molar-refractivity contribution in [1.29, 1.82) is 5.26 Å². The SMILES string of the molecule is C#Cc1ccccc1-c1cc(C)ncc1C(=O)Nc1nnc(OCc2ccc(C#N)cc2)s1. The fourth-order valence-electron chi connectivity index (χ4n) is 3.11. The van der Waals surface area contributed by atoms with Crippen molar-refractivity contribution in [3.63, 3.8) is 0 Å². The molecular formula is C25H17N5O2S. The normalized spacial score (nSPS) is 10.2. The van der Waals surface area contributed by atoms with Crippen molar-refractivity contribution >= 4 is 22.4 Å². The Kier molecular flexibility index (Phi) is 6.40. The van der Waals surface area contributed by atoms with E-state index in [1.807, 2.05) is 49.4 Å². The highest BCUT2D eigenvalue weighted by atomic mass is 32.1. The topological polar surface area (TPSA) is 101 Å². The van der Waals surface area contributed by atoms with Gasteiger partial charge in [0.1, 0.15) is 6.61 Å². The number of hydrogen-bond donors (Lipinski definition) is 1. The van der Waals surface area contributed by atoms with Crippen molar-refractivity contribution in [2.45, 2.75) is 13.5 Å². The average Bonchev–Trinajstić information content (AvgIpc) is 3.30. The third-order valence-corrected chi connectivity index (χ3v) is 5.48. The van der Waals surface area contributed by atoms with Gasteiger partial charge in [-0.3, -0.25) is 15.1 Å². The van der Waals surface area contributed by atoms with E-state index >= 15 is 0 Å². The zero-order valence-corrected chi connectivity index (χ0v) is 18.4. The number of rotatable bonds is 6. The molecule has 1 amide bonds. The maximum absolute atomic E-state index is 13.0. The molecule has 0 aliphatic rings. The van der Waals surface area contributed by atoms with Crippen LogP contribution < -0.4 is 10.1 Å². The van der Waals surface area contributed by atoms with E-state index in [0.717, 1.165) is 28.2 Å². The van der Waals surface area contributed by atoms with Gasteiger partial charge >= 0.3 is 0 Å². The van der Waals surface area contributed by atoms with Gasteiger partial charge in [0, 0.05) is 17.5 Å². The van der Waals surface area contributed by atoms with Crippen LogP contribution >= 0.6 is 11.3 Å². The molecule has 160 valence electrons. The number of carbonyl (C=O) groups is 1. The predicted octanol–water partition coefficient (Wildman–Crippen LogP) is 4.59. The van der Waals surface area contributed by atoms with E-state index < -0.39 is 0 Å². The fourth-order valence-corrected chi connectivity index (χ4v) is 3.70. The summed E-state index contributed by atoms with van der Waals surface area (Å²) in [5.41, 5.74) is 4.76. The maximum Gasteiger partial charge on any atom is 0.296 e. The van der Waals surface area contributed by atoms with Gasteiger partial charge in [-0.1, -0.05) is 41.4 Å². The number of nitriles is 1. The number of hydrogen-bond acceptors (Lipinski definition) is 7. The number of nitrogens with one attached hydrogen (secondary N) is 1. The molecular weight excluding hydrogens is 434 g/mol. The lowest BCUT2D eigenvalue weighted by Crippen LogP contribution is -2.14. The van der Waals surface area contributed by atoms with Gasteiger partial charge in [-0.2, -0.15) is 5.26 Å². The molecule has 1 N–H and O–H groups in total. The molecule has 0 saturated carbocycles. The number of terminal acetylenes is 1. The van der Waals surface area contributed by atoms with E-state index in [2.05, 4.69) is 32.5 Å². The maximum atomic E-state index is 13.0. The molecule has 0 spiro atoms. The highest BCUT2D eigenvalue weighted by Gasteiger charge is 2.18. The highest BCUT2D eigenvalue weighted by Crippen LogP contribution is 2.29. The molecule has 0 aliphatic carbocycles. The Morgan fingerprint density at radius 2 is 1.94 bits per heavy atom. The van der Waals surface area contributed by atoms with Gasteiger partial charge in [0.25, 0.3) is 11.1 Å². The standard InChI is InChI=1S/C25H17N5O2S/c1-3-19-6-4-5-7-20(19)21-12-16(2)27-14-22(21)23(31)28-24-29-30-25(33-24)32-15-18-10-8-17(13-26)9-11-18/h1,4-12,14H,15H2,2H3,(H,28,29,31). The van der Waals surface area contributed by atoms with Crippen molar-refractivity contribution in [3.8, 4) is 34.7 Å². The highest BCUT2D eigenvalue weighted by molar-refractivity contribution is 7.17. The van der Waals surface area contributed by atoms with Gasteiger partial charge in [-0.25, -0.2) is 0 Å². The molecule has 0 radical (unpaired) electrons. The minimum absolute atomic E-state index is 0.267. The van der Waals surface area contributed by atoms with Crippen LogP contribution in [0.3, 0.4) is 0 Å². The van der Waals surface area contributed by atoms with E-state index in [-0.39, 0.29) is 12.5 Å². The van der Waals surface area contributed by atoms with Crippen LogP contribution in [0.2, 0.25) is 0 Å². The number of ether oxygens (including phenoxy) is 1. The third kappa shape index (κ3) is 5.04. The van der Waals surface area contributed by atoms with Crippen LogP contribution in [0.15, 0.2) is 60.8 Å². The molecule has 7 nitrogen and oxygen atoms in total. The van der Waals surface area contributed by atoms with Gasteiger partial charge in [-0.05, 0) is 59.2 Å². The fraction of sp³-hybridized carbons (Fsp3) is 0.0800. The van der Waals surface area contributed by atoms with Gasteiger partial charge in [0.2, 0.25) is 5.13 Å². The van der Waals surface area contributed by atoms with Crippen LogP contribution in [0.5, 0.6) is 5.19 Å². The summed E-state index contributed by atoms with van der Waals surface area (Å²) in [6.07, 6.45) is 7.18. The summed E-state index contributed by atoms with van der Waals surface area (Å²) in [6.45, 7) is 2.12. The zero-order valence-electron chi connectivity index (χ0n) is 17.6. The Morgan fingerprint density at radius 1 is 1.15 bits per heavy atom. The molecule has 0 saturated heterocycles. The van der Waals surface area contributed by atoms with E-state index in [1.165, 1.54) is 6.20 Å². The van der Waals surface area contributed by atoms with Gasteiger partial charge in [0.05, 0.1) is 17.2 Å². The number of aryl methyl sites for hydroxylation is 1. The first-order valence-corrected chi connectivity index (χ1v) is 10.7. The van der Waals surface area contributed by atoms with Crippen molar-refractivity contribution in [2.24, 2.45) is 0 Å². The number of pyridine rings is 1. The summed E-state index contributed by atoms with van der Waals surface area (Å²) in [6, 6.07) is 18.4. The molecule has 0 atom stereocenters. The quantitative estimate of drug-likeness (QED) is 0.430. The lowest BCUT2D eigenvalue weighted by molar-refractivity contribution is 0.102. The van der Waals surface area contributed by atoms with E-state index in [9.17, 15) is 4.79 Å². The Labute approximate surface area is 194 Å². The zero-order chi connectivity index (χ0) is 23.2. The summed E-state index contributed by atoms with van der Waals surface area (Å²) < 4.78 is 5.65. The third-order valence-electron chi connectivity index (χ3n) is 4.73. The van der Waals surface area contributed by atoms with Crippen molar-refractivity contribution in [1.82, 2.24) is 15.2 Å².